The summed E-state index contributed by atoms with van der Waals surface area (Å²) in [5, 5.41) is 10.1. The quantitative estimate of drug-likeness (QED) is 0.742. The lowest BCUT2D eigenvalue weighted by Gasteiger charge is -2.08. The van der Waals surface area contributed by atoms with Crippen molar-refractivity contribution < 1.29 is 9.53 Å². The Bertz CT molecular complexity index is 851. The number of aromatic amines is 1. The SMILES string of the molecule is COc1ccc(Cl)cc1C(=O)NCc1nc(-c2ccncc2)n[nH]1. The molecule has 2 heterocycles. The Balaban J connectivity index is 1.69. The lowest BCUT2D eigenvalue weighted by Crippen LogP contribution is -2.24. The van der Waals surface area contributed by atoms with Gasteiger partial charge < -0.3 is 10.1 Å². The van der Waals surface area contributed by atoms with Crippen LogP contribution in [0.5, 0.6) is 5.75 Å². The molecule has 0 atom stereocenters. The van der Waals surface area contributed by atoms with Crippen LogP contribution in [0.3, 0.4) is 0 Å². The van der Waals surface area contributed by atoms with Gasteiger partial charge in [0.25, 0.3) is 5.91 Å². The molecule has 1 aromatic carbocycles. The molecule has 1 amide bonds. The zero-order chi connectivity index (χ0) is 16.9. The van der Waals surface area contributed by atoms with E-state index in [4.69, 9.17) is 16.3 Å². The number of rotatable bonds is 5. The van der Waals surface area contributed by atoms with Crippen LogP contribution in [0.2, 0.25) is 5.02 Å². The summed E-state index contributed by atoms with van der Waals surface area (Å²) < 4.78 is 5.17. The van der Waals surface area contributed by atoms with Crippen LogP contribution < -0.4 is 10.1 Å². The van der Waals surface area contributed by atoms with E-state index in [9.17, 15) is 4.79 Å². The van der Waals surface area contributed by atoms with Gasteiger partial charge in [0.15, 0.2) is 5.82 Å². The third-order valence-corrected chi connectivity index (χ3v) is 3.53. The number of nitrogens with zero attached hydrogens (tertiary/aromatic N) is 3. The van der Waals surface area contributed by atoms with E-state index in [0.29, 0.717) is 28.0 Å². The van der Waals surface area contributed by atoms with Gasteiger partial charge in [-0.2, -0.15) is 5.10 Å². The van der Waals surface area contributed by atoms with E-state index in [1.807, 2.05) is 12.1 Å². The Morgan fingerprint density at radius 3 is 2.83 bits per heavy atom. The summed E-state index contributed by atoms with van der Waals surface area (Å²) in [6.07, 6.45) is 3.33. The van der Waals surface area contributed by atoms with E-state index in [1.54, 1.807) is 30.6 Å². The van der Waals surface area contributed by atoms with E-state index in [1.165, 1.54) is 7.11 Å². The highest BCUT2D eigenvalue weighted by atomic mass is 35.5. The van der Waals surface area contributed by atoms with Crippen molar-refractivity contribution in [3.8, 4) is 17.1 Å². The molecule has 0 bridgehead atoms. The maximum atomic E-state index is 12.3. The first-order chi connectivity index (χ1) is 11.7. The van der Waals surface area contributed by atoms with E-state index < -0.39 is 0 Å². The molecule has 0 fully saturated rings. The average molecular weight is 344 g/mol. The number of carbonyl (C=O) groups is 1. The summed E-state index contributed by atoms with van der Waals surface area (Å²) in [5.74, 6) is 1.22. The summed E-state index contributed by atoms with van der Waals surface area (Å²) in [5.41, 5.74) is 1.20. The molecule has 7 nitrogen and oxygen atoms in total. The number of pyridine rings is 1. The smallest absolute Gasteiger partial charge is 0.255 e. The second kappa shape index (κ2) is 7.10. The fraction of sp³-hybridized carbons (Fsp3) is 0.125. The number of nitrogens with one attached hydrogen (secondary N) is 2. The van der Waals surface area contributed by atoms with Crippen molar-refractivity contribution in [2.45, 2.75) is 6.54 Å². The third kappa shape index (κ3) is 3.52. The molecule has 0 saturated carbocycles. The minimum Gasteiger partial charge on any atom is -0.496 e. The molecule has 0 aliphatic carbocycles. The molecule has 122 valence electrons. The van der Waals surface area contributed by atoms with Crippen molar-refractivity contribution >= 4 is 17.5 Å². The van der Waals surface area contributed by atoms with Gasteiger partial charge >= 0.3 is 0 Å². The first-order valence-electron chi connectivity index (χ1n) is 7.11. The Morgan fingerprint density at radius 2 is 2.08 bits per heavy atom. The Morgan fingerprint density at radius 1 is 1.29 bits per heavy atom. The number of methoxy groups -OCH3 is 1. The Hall–Kier alpha value is -2.93. The summed E-state index contributed by atoms with van der Waals surface area (Å²) in [6, 6.07) is 8.48. The van der Waals surface area contributed by atoms with Crippen molar-refractivity contribution in [3.63, 3.8) is 0 Å². The minimum atomic E-state index is -0.309. The number of amides is 1. The van der Waals surface area contributed by atoms with Gasteiger partial charge in [0.05, 0.1) is 19.2 Å². The number of carbonyl (C=O) groups excluding carboxylic acids is 1. The predicted molar refractivity (Wildman–Crippen MR) is 88.8 cm³/mol. The van der Waals surface area contributed by atoms with Crippen molar-refractivity contribution in [1.29, 1.82) is 0 Å². The van der Waals surface area contributed by atoms with Crippen LogP contribution in [0.4, 0.5) is 0 Å². The lowest BCUT2D eigenvalue weighted by atomic mass is 10.2. The molecule has 3 rings (SSSR count). The minimum absolute atomic E-state index is 0.201. The maximum Gasteiger partial charge on any atom is 0.255 e. The number of aromatic nitrogens is 4. The highest BCUT2D eigenvalue weighted by molar-refractivity contribution is 6.31. The molecule has 2 aromatic heterocycles. The molecule has 3 aromatic rings. The van der Waals surface area contributed by atoms with E-state index in [-0.39, 0.29) is 12.5 Å². The fourth-order valence-corrected chi connectivity index (χ4v) is 2.29. The largest absolute Gasteiger partial charge is 0.496 e. The van der Waals surface area contributed by atoms with Crippen LogP contribution in [-0.2, 0) is 6.54 Å². The first-order valence-corrected chi connectivity index (χ1v) is 7.48. The van der Waals surface area contributed by atoms with Crippen molar-refractivity contribution in [3.05, 3.63) is 59.1 Å². The number of ether oxygens (including phenoxy) is 1. The van der Waals surface area contributed by atoms with Crippen LogP contribution in [0.25, 0.3) is 11.4 Å². The van der Waals surface area contributed by atoms with Crippen molar-refractivity contribution in [2.75, 3.05) is 7.11 Å². The number of H-pyrrole nitrogens is 1. The zero-order valence-corrected chi connectivity index (χ0v) is 13.5. The molecule has 2 N–H and O–H groups in total. The van der Waals surface area contributed by atoms with Crippen LogP contribution in [-0.4, -0.2) is 33.2 Å². The van der Waals surface area contributed by atoms with Gasteiger partial charge in [0.2, 0.25) is 0 Å². The van der Waals surface area contributed by atoms with Gasteiger partial charge in [-0.25, -0.2) is 4.98 Å². The second-order valence-electron chi connectivity index (χ2n) is 4.87. The van der Waals surface area contributed by atoms with Crippen LogP contribution in [0, 0.1) is 0 Å². The molecule has 24 heavy (non-hydrogen) atoms. The molecule has 0 aliphatic rings. The van der Waals surface area contributed by atoms with Gasteiger partial charge in [0.1, 0.15) is 11.6 Å². The molecule has 0 unspecified atom stereocenters. The van der Waals surface area contributed by atoms with E-state index >= 15 is 0 Å². The fourth-order valence-electron chi connectivity index (χ4n) is 2.12. The van der Waals surface area contributed by atoms with Crippen molar-refractivity contribution in [1.82, 2.24) is 25.5 Å². The lowest BCUT2D eigenvalue weighted by molar-refractivity contribution is 0.0947. The standard InChI is InChI=1S/C16H14ClN5O2/c1-24-13-3-2-11(17)8-12(13)16(23)19-9-14-20-15(22-21-14)10-4-6-18-7-5-10/h2-8H,9H2,1H3,(H,19,23)(H,20,21,22). The maximum absolute atomic E-state index is 12.3. The topological polar surface area (TPSA) is 92.8 Å². The monoisotopic (exact) mass is 343 g/mol. The molecule has 0 radical (unpaired) electrons. The number of benzene rings is 1. The highest BCUT2D eigenvalue weighted by Crippen LogP contribution is 2.22. The molecule has 0 aliphatic heterocycles. The third-order valence-electron chi connectivity index (χ3n) is 3.29. The molecule has 0 saturated heterocycles. The predicted octanol–water partition coefficient (Wildman–Crippen LogP) is 2.46. The summed E-state index contributed by atoms with van der Waals surface area (Å²) >= 11 is 5.94. The molecule has 0 spiro atoms. The number of halogens is 1. The average Bonchev–Trinajstić information content (AvgIpc) is 3.09. The molecular weight excluding hydrogens is 330 g/mol. The molecule has 8 heteroatoms. The Labute approximate surface area is 143 Å². The van der Waals surface area contributed by atoms with Crippen LogP contribution in [0.1, 0.15) is 16.2 Å². The van der Waals surface area contributed by atoms with Gasteiger partial charge in [0, 0.05) is 23.0 Å². The summed E-state index contributed by atoms with van der Waals surface area (Å²) in [7, 11) is 1.50. The van der Waals surface area contributed by atoms with Crippen LogP contribution in [0.15, 0.2) is 42.7 Å². The van der Waals surface area contributed by atoms with E-state index in [0.717, 1.165) is 5.56 Å². The van der Waals surface area contributed by atoms with Gasteiger partial charge in [-0.15, -0.1) is 0 Å². The number of hydrogen-bond acceptors (Lipinski definition) is 5. The first kappa shape index (κ1) is 15.9. The second-order valence-corrected chi connectivity index (χ2v) is 5.31. The summed E-state index contributed by atoms with van der Waals surface area (Å²) in [4.78, 5) is 20.6. The molecular formula is C16H14ClN5O2. The van der Waals surface area contributed by atoms with Gasteiger partial charge in [-0.3, -0.25) is 14.9 Å². The van der Waals surface area contributed by atoms with Crippen molar-refractivity contribution in [2.24, 2.45) is 0 Å². The van der Waals surface area contributed by atoms with Gasteiger partial charge in [-0.05, 0) is 30.3 Å². The van der Waals surface area contributed by atoms with Gasteiger partial charge in [-0.1, -0.05) is 11.6 Å². The number of hydrogen-bond donors (Lipinski definition) is 2. The van der Waals surface area contributed by atoms with E-state index in [2.05, 4.69) is 25.5 Å². The van der Waals surface area contributed by atoms with Crippen LogP contribution >= 0.6 is 11.6 Å². The zero-order valence-electron chi connectivity index (χ0n) is 12.8. The normalized spacial score (nSPS) is 10.4. The Kier molecular flexibility index (Phi) is 4.72. The highest BCUT2D eigenvalue weighted by Gasteiger charge is 2.14. The summed E-state index contributed by atoms with van der Waals surface area (Å²) in [6.45, 7) is 0.201.